The van der Waals surface area contributed by atoms with E-state index < -0.39 is 12.5 Å². The summed E-state index contributed by atoms with van der Waals surface area (Å²) in [6.07, 6.45) is 0. The van der Waals surface area contributed by atoms with Crippen LogP contribution in [0.3, 0.4) is 0 Å². The van der Waals surface area contributed by atoms with Gasteiger partial charge >= 0.3 is 6.61 Å². The third kappa shape index (κ3) is 6.69. The van der Waals surface area contributed by atoms with Crippen molar-refractivity contribution in [2.75, 3.05) is 6.54 Å². The minimum Gasteiger partial charge on any atom is -0.435 e. The van der Waals surface area contributed by atoms with Crippen LogP contribution in [0.15, 0.2) is 24.3 Å². The number of carbonyl (C=O) groups excluding carboxylic acids is 2. The summed E-state index contributed by atoms with van der Waals surface area (Å²) in [6.45, 7) is 2.41. The van der Waals surface area contributed by atoms with Gasteiger partial charge in [-0.05, 0) is 45.0 Å². The molecule has 7 heteroatoms. The second-order valence-corrected chi connectivity index (χ2v) is 5.38. The molecule has 0 heterocycles. The number of hydrogen-bond acceptors (Lipinski definition) is 3. The topological polar surface area (TPSA) is 67.4 Å². The molecule has 0 aliphatic heterocycles. The van der Waals surface area contributed by atoms with Gasteiger partial charge in [-0.2, -0.15) is 8.78 Å². The molecule has 0 bridgehead atoms. The smallest absolute Gasteiger partial charge is 0.387 e. The first kappa shape index (κ1) is 16.9. The monoisotopic (exact) mass is 300 g/mol. The van der Waals surface area contributed by atoms with Gasteiger partial charge in [-0.3, -0.25) is 9.59 Å². The van der Waals surface area contributed by atoms with Gasteiger partial charge < -0.3 is 15.4 Å². The first-order chi connectivity index (χ1) is 9.67. The quantitative estimate of drug-likeness (QED) is 0.873. The molecular weight excluding hydrogens is 282 g/mol. The highest BCUT2D eigenvalue weighted by Gasteiger charge is 2.14. The average molecular weight is 300 g/mol. The van der Waals surface area contributed by atoms with Crippen LogP contribution in [-0.4, -0.2) is 30.5 Å². The molecule has 0 spiro atoms. The van der Waals surface area contributed by atoms with Crippen LogP contribution in [0.2, 0.25) is 0 Å². The van der Waals surface area contributed by atoms with Gasteiger partial charge in [0.1, 0.15) is 5.75 Å². The molecule has 0 aliphatic carbocycles. The highest BCUT2D eigenvalue weighted by atomic mass is 19.3. The Balaban J connectivity index is 2.50. The molecule has 2 N–H and O–H groups in total. The van der Waals surface area contributed by atoms with E-state index in [2.05, 4.69) is 15.4 Å². The number of benzene rings is 1. The lowest BCUT2D eigenvalue weighted by Crippen LogP contribution is -2.45. The summed E-state index contributed by atoms with van der Waals surface area (Å²) in [5.41, 5.74) is -0.129. The number of rotatable bonds is 5. The lowest BCUT2D eigenvalue weighted by Gasteiger charge is -2.20. The summed E-state index contributed by atoms with van der Waals surface area (Å²) in [5.74, 6) is -0.816. The molecule has 0 aromatic heterocycles. The highest BCUT2D eigenvalue weighted by molar-refractivity contribution is 5.96. The molecule has 0 radical (unpaired) electrons. The van der Waals surface area contributed by atoms with Gasteiger partial charge in [0, 0.05) is 11.1 Å². The van der Waals surface area contributed by atoms with Crippen LogP contribution >= 0.6 is 0 Å². The molecular formula is C14H18F2N2O3. The van der Waals surface area contributed by atoms with Gasteiger partial charge in [0.2, 0.25) is 5.91 Å². The van der Waals surface area contributed by atoms with Crippen molar-refractivity contribution in [2.24, 2.45) is 0 Å². The molecule has 1 rings (SSSR count). The lowest BCUT2D eigenvalue weighted by atomic mass is 10.1. The minimum absolute atomic E-state index is 0.0352. The molecule has 0 saturated carbocycles. The second-order valence-electron chi connectivity index (χ2n) is 5.38. The Morgan fingerprint density at radius 2 is 1.76 bits per heavy atom. The molecule has 2 amide bonds. The van der Waals surface area contributed by atoms with Gasteiger partial charge in [-0.15, -0.1) is 0 Å². The van der Waals surface area contributed by atoms with Crippen molar-refractivity contribution in [2.45, 2.75) is 32.9 Å². The zero-order valence-corrected chi connectivity index (χ0v) is 12.1. The molecule has 0 fully saturated rings. The van der Waals surface area contributed by atoms with E-state index in [1.807, 2.05) is 20.8 Å². The van der Waals surface area contributed by atoms with Crippen LogP contribution in [0, 0.1) is 0 Å². The van der Waals surface area contributed by atoms with Crippen LogP contribution in [0.25, 0.3) is 0 Å². The maximum atomic E-state index is 12.0. The Bertz CT molecular complexity index is 496. The molecule has 116 valence electrons. The van der Waals surface area contributed by atoms with Crippen LogP contribution in [0.4, 0.5) is 8.78 Å². The van der Waals surface area contributed by atoms with Crippen molar-refractivity contribution in [3.8, 4) is 5.75 Å². The van der Waals surface area contributed by atoms with E-state index in [1.54, 1.807) is 0 Å². The molecule has 0 aliphatic rings. The molecule has 5 nitrogen and oxygen atoms in total. The van der Waals surface area contributed by atoms with Crippen molar-refractivity contribution in [3.63, 3.8) is 0 Å². The van der Waals surface area contributed by atoms with Crippen LogP contribution in [0.1, 0.15) is 31.1 Å². The Morgan fingerprint density at radius 3 is 2.24 bits per heavy atom. The zero-order valence-electron chi connectivity index (χ0n) is 12.1. The van der Waals surface area contributed by atoms with E-state index in [0.29, 0.717) is 0 Å². The second kappa shape index (κ2) is 7.01. The molecule has 0 atom stereocenters. The third-order valence-corrected chi connectivity index (χ3v) is 2.27. The number of carbonyl (C=O) groups is 2. The number of ether oxygens (including phenoxy) is 1. The van der Waals surface area contributed by atoms with Crippen molar-refractivity contribution < 1.29 is 23.1 Å². The normalized spacial score (nSPS) is 11.1. The summed E-state index contributed by atoms with van der Waals surface area (Å²) in [5, 5.41) is 5.14. The largest absolute Gasteiger partial charge is 0.435 e. The van der Waals surface area contributed by atoms with Gasteiger partial charge in [0.25, 0.3) is 5.91 Å². The number of nitrogens with one attached hydrogen (secondary N) is 2. The van der Waals surface area contributed by atoms with Crippen molar-refractivity contribution >= 4 is 11.8 Å². The van der Waals surface area contributed by atoms with E-state index in [4.69, 9.17) is 0 Å². The van der Waals surface area contributed by atoms with Gasteiger partial charge in [0.05, 0.1) is 6.54 Å². The van der Waals surface area contributed by atoms with E-state index in [1.165, 1.54) is 24.3 Å². The first-order valence-electron chi connectivity index (χ1n) is 6.31. The van der Waals surface area contributed by atoms with Crippen molar-refractivity contribution in [1.82, 2.24) is 10.6 Å². The van der Waals surface area contributed by atoms with E-state index in [-0.39, 0.29) is 29.3 Å². The summed E-state index contributed by atoms with van der Waals surface area (Å²) in [6, 6.07) is 5.20. The first-order valence-corrected chi connectivity index (χ1v) is 6.31. The Morgan fingerprint density at radius 1 is 1.19 bits per heavy atom. The van der Waals surface area contributed by atoms with E-state index in [0.717, 1.165) is 0 Å². The average Bonchev–Trinajstić information content (AvgIpc) is 2.34. The van der Waals surface area contributed by atoms with Gasteiger partial charge in [-0.1, -0.05) is 0 Å². The molecule has 1 aromatic rings. The van der Waals surface area contributed by atoms with Crippen LogP contribution in [-0.2, 0) is 4.79 Å². The summed E-state index contributed by atoms with van der Waals surface area (Å²) < 4.78 is 28.1. The molecule has 1 aromatic carbocycles. The van der Waals surface area contributed by atoms with Crippen LogP contribution < -0.4 is 15.4 Å². The fraction of sp³-hybridized carbons (Fsp3) is 0.429. The summed E-state index contributed by atoms with van der Waals surface area (Å²) >= 11 is 0. The Hall–Kier alpha value is -2.18. The highest BCUT2D eigenvalue weighted by Crippen LogP contribution is 2.14. The van der Waals surface area contributed by atoms with Gasteiger partial charge in [-0.25, -0.2) is 0 Å². The Labute approximate surface area is 121 Å². The molecule has 0 unspecified atom stereocenters. The van der Waals surface area contributed by atoms with Crippen molar-refractivity contribution in [3.05, 3.63) is 29.8 Å². The number of halogens is 2. The molecule has 0 saturated heterocycles. The SMILES string of the molecule is CC(C)(C)NC(=O)CNC(=O)c1ccc(OC(F)F)cc1. The van der Waals surface area contributed by atoms with Crippen molar-refractivity contribution in [1.29, 1.82) is 0 Å². The Kier molecular flexibility index (Phi) is 5.63. The number of amides is 2. The standard InChI is InChI=1S/C14H18F2N2O3/c1-14(2,3)18-11(19)8-17-12(20)9-4-6-10(7-5-9)21-13(15)16/h4-7,13H,8H2,1-3H3,(H,17,20)(H,18,19). The summed E-state index contributed by atoms with van der Waals surface area (Å²) in [4.78, 5) is 23.3. The van der Waals surface area contributed by atoms with Gasteiger partial charge in [0.15, 0.2) is 0 Å². The third-order valence-electron chi connectivity index (χ3n) is 2.27. The molecule has 21 heavy (non-hydrogen) atoms. The fourth-order valence-corrected chi connectivity index (χ4v) is 1.51. The predicted octanol–water partition coefficient (Wildman–Crippen LogP) is 1.93. The maximum absolute atomic E-state index is 12.0. The number of hydrogen-bond donors (Lipinski definition) is 2. The van der Waals surface area contributed by atoms with E-state index in [9.17, 15) is 18.4 Å². The zero-order chi connectivity index (χ0) is 16.0. The summed E-state index contributed by atoms with van der Waals surface area (Å²) in [7, 11) is 0. The van der Waals surface area contributed by atoms with Crippen LogP contribution in [0.5, 0.6) is 5.75 Å². The fourth-order valence-electron chi connectivity index (χ4n) is 1.51. The lowest BCUT2D eigenvalue weighted by molar-refractivity contribution is -0.121. The van der Waals surface area contributed by atoms with E-state index >= 15 is 0 Å². The minimum atomic E-state index is -2.91. The maximum Gasteiger partial charge on any atom is 0.387 e. The number of alkyl halides is 2. The predicted molar refractivity (Wildman–Crippen MR) is 73.3 cm³/mol.